The molecule has 0 N–H and O–H groups in total. The zero-order chi connectivity index (χ0) is 28.5. The summed E-state index contributed by atoms with van der Waals surface area (Å²) in [4.78, 5) is 12.0. The van der Waals surface area contributed by atoms with Gasteiger partial charge in [0.05, 0.1) is 33.5 Å². The van der Waals surface area contributed by atoms with Crippen molar-refractivity contribution in [2.45, 2.75) is 90.5 Å². The monoisotopic (exact) mass is 554 g/mol. The fourth-order valence-electron chi connectivity index (χ4n) is 2.73. The van der Waals surface area contributed by atoms with Crippen molar-refractivity contribution in [1.29, 1.82) is 0 Å². The molecule has 0 aliphatic rings. The largest absolute Gasteiger partial charge is 0.497 e. The van der Waals surface area contributed by atoms with Gasteiger partial charge < -0.3 is 27.8 Å². The first-order valence-corrected chi connectivity index (χ1v) is 18.7. The van der Waals surface area contributed by atoms with Crippen LogP contribution in [0.25, 0.3) is 0 Å². The van der Waals surface area contributed by atoms with Gasteiger partial charge in [-0.1, -0.05) is 53.7 Å². The summed E-state index contributed by atoms with van der Waals surface area (Å²) in [5.74, 6) is 0.671. The van der Waals surface area contributed by atoms with E-state index in [2.05, 4.69) is 67.7 Å². The van der Waals surface area contributed by atoms with Gasteiger partial charge in [0.25, 0.3) is 0 Å². The van der Waals surface area contributed by atoms with Crippen LogP contribution in [0.4, 0.5) is 0 Å². The average molecular weight is 555 g/mol. The van der Waals surface area contributed by atoms with Crippen LogP contribution in [0, 0.1) is 0 Å². The smallest absolute Gasteiger partial charge is 0.333 e. The third-order valence-electron chi connectivity index (χ3n) is 7.31. The second-order valence-corrected chi connectivity index (χ2v) is 21.9. The van der Waals surface area contributed by atoms with E-state index >= 15 is 0 Å². The molecule has 0 aromatic heterocycles. The summed E-state index contributed by atoms with van der Waals surface area (Å²) in [7, 11) is -1.11. The number of carbonyl (C=O) groups is 1. The van der Waals surface area contributed by atoms with Gasteiger partial charge in [0, 0.05) is 0 Å². The number of rotatable bonds is 14. The van der Waals surface area contributed by atoms with Crippen molar-refractivity contribution in [3.63, 3.8) is 0 Å². The normalized spacial score (nSPS) is 14.3. The highest BCUT2D eigenvalue weighted by atomic mass is 28.4. The summed E-state index contributed by atoms with van der Waals surface area (Å²) in [6.45, 7) is 23.3. The predicted octanol–water partition coefficient (Wildman–Crippen LogP) is 6.70. The van der Waals surface area contributed by atoms with Crippen molar-refractivity contribution in [1.82, 2.24) is 0 Å². The van der Waals surface area contributed by atoms with E-state index in [9.17, 15) is 4.79 Å². The molecule has 0 spiro atoms. The first-order valence-electron chi connectivity index (χ1n) is 12.9. The maximum Gasteiger partial charge on any atom is 0.333 e. The van der Waals surface area contributed by atoms with Crippen molar-refractivity contribution < 1.29 is 32.6 Å². The first-order chi connectivity index (χ1) is 16.9. The Balaban J connectivity index is 2.96. The van der Waals surface area contributed by atoms with Crippen molar-refractivity contribution in [3.8, 4) is 5.75 Å². The molecule has 37 heavy (non-hydrogen) atoms. The SMILES string of the molecule is COC(=O)/C=C(\COCc1ccc(OC)cc1)OC[C@H](CO[Si](C)(C)C(C)(C)C)O[Si](C)(C)C(C)(C)C. The second kappa shape index (κ2) is 13.9. The Bertz CT molecular complexity index is 866. The second-order valence-electron chi connectivity index (χ2n) is 12.4. The molecule has 0 saturated heterocycles. The molecule has 212 valence electrons. The average Bonchev–Trinajstić information content (AvgIpc) is 2.79. The molecule has 7 nitrogen and oxygen atoms in total. The molecule has 0 bridgehead atoms. The van der Waals surface area contributed by atoms with Crippen LogP contribution < -0.4 is 4.74 Å². The van der Waals surface area contributed by atoms with Gasteiger partial charge in [0.1, 0.15) is 30.8 Å². The molecule has 1 rings (SSSR count). The van der Waals surface area contributed by atoms with Gasteiger partial charge in [-0.25, -0.2) is 4.79 Å². The van der Waals surface area contributed by atoms with E-state index in [1.54, 1.807) is 7.11 Å². The fourth-order valence-corrected chi connectivity index (χ4v) is 5.09. The number of carbonyl (C=O) groups excluding carboxylic acids is 1. The summed E-state index contributed by atoms with van der Waals surface area (Å²) < 4.78 is 35.2. The number of hydrogen-bond donors (Lipinski definition) is 0. The van der Waals surface area contributed by atoms with E-state index in [-0.39, 0.29) is 29.4 Å². The third kappa shape index (κ3) is 11.3. The Kier molecular flexibility index (Phi) is 12.6. The van der Waals surface area contributed by atoms with Crippen LogP contribution in [-0.2, 0) is 34.5 Å². The quantitative estimate of drug-likeness (QED) is 0.110. The molecule has 0 aliphatic carbocycles. The molecule has 0 saturated carbocycles. The lowest BCUT2D eigenvalue weighted by Crippen LogP contribution is -2.49. The van der Waals surface area contributed by atoms with Gasteiger partial charge in [-0.05, 0) is 54.0 Å². The molecule has 1 aromatic rings. The number of ether oxygens (including phenoxy) is 4. The van der Waals surface area contributed by atoms with E-state index in [1.165, 1.54) is 13.2 Å². The maximum atomic E-state index is 12.0. The Morgan fingerprint density at radius 3 is 1.95 bits per heavy atom. The maximum absolute atomic E-state index is 12.0. The van der Waals surface area contributed by atoms with Crippen molar-refractivity contribution in [2.75, 3.05) is 34.0 Å². The molecule has 0 heterocycles. The van der Waals surface area contributed by atoms with Crippen LogP contribution in [-0.4, -0.2) is 62.7 Å². The predicted molar refractivity (Wildman–Crippen MR) is 154 cm³/mol. The van der Waals surface area contributed by atoms with E-state index < -0.39 is 22.6 Å². The Labute approximate surface area is 227 Å². The minimum Gasteiger partial charge on any atom is -0.497 e. The fraction of sp³-hybridized carbons (Fsp3) is 0.679. The highest BCUT2D eigenvalue weighted by molar-refractivity contribution is 6.74. The topological polar surface area (TPSA) is 72.5 Å². The number of benzene rings is 1. The Hall–Kier alpha value is -1.66. The standard InChI is InChI=1S/C28H50O7Si2/c1-27(2,3)36(9,10)34-21-25(35-37(11,12)28(4,5)6)20-33-24(17-26(29)31-8)19-32-18-22-13-15-23(30-7)16-14-22/h13-17,25H,18-21H2,1-12H3/b24-17+/t25-/m1/s1. The Morgan fingerprint density at radius 1 is 0.892 bits per heavy atom. The molecular formula is C28H50O7Si2. The molecule has 0 radical (unpaired) electrons. The summed E-state index contributed by atoms with van der Waals surface area (Å²) in [6, 6.07) is 7.63. The van der Waals surface area contributed by atoms with Crippen molar-refractivity contribution >= 4 is 22.6 Å². The van der Waals surface area contributed by atoms with Crippen LogP contribution in [0.3, 0.4) is 0 Å². The van der Waals surface area contributed by atoms with E-state index in [0.717, 1.165) is 11.3 Å². The summed E-state index contributed by atoms with van der Waals surface area (Å²) in [6.07, 6.45) is 1.05. The Morgan fingerprint density at radius 2 is 1.46 bits per heavy atom. The molecule has 0 amide bonds. The van der Waals surface area contributed by atoms with E-state index in [0.29, 0.717) is 19.0 Å². The van der Waals surface area contributed by atoms with Gasteiger partial charge in [0.15, 0.2) is 16.6 Å². The van der Waals surface area contributed by atoms with Crippen LogP contribution in [0.5, 0.6) is 5.75 Å². The molecular weight excluding hydrogens is 504 g/mol. The summed E-state index contributed by atoms with van der Waals surface area (Å²) in [5.41, 5.74) is 0.986. The molecule has 1 atom stereocenters. The van der Waals surface area contributed by atoms with Gasteiger partial charge >= 0.3 is 5.97 Å². The lowest BCUT2D eigenvalue weighted by atomic mass is 10.2. The lowest BCUT2D eigenvalue weighted by Gasteiger charge is -2.41. The molecule has 1 aromatic carbocycles. The van der Waals surface area contributed by atoms with Gasteiger partial charge in [-0.15, -0.1) is 0 Å². The van der Waals surface area contributed by atoms with Gasteiger partial charge in [0.2, 0.25) is 0 Å². The van der Waals surface area contributed by atoms with Crippen molar-refractivity contribution in [3.05, 3.63) is 41.7 Å². The molecule has 0 aliphatic heterocycles. The summed E-state index contributed by atoms with van der Waals surface area (Å²) >= 11 is 0. The van der Waals surface area contributed by atoms with E-state index in [4.69, 9.17) is 27.8 Å². The van der Waals surface area contributed by atoms with Crippen LogP contribution in [0.15, 0.2) is 36.1 Å². The number of esters is 1. The molecule has 0 fully saturated rings. The number of methoxy groups -OCH3 is 2. The minimum absolute atomic E-state index is 0.0361. The summed E-state index contributed by atoms with van der Waals surface area (Å²) in [5, 5.41) is 0.120. The van der Waals surface area contributed by atoms with Gasteiger partial charge in [-0.3, -0.25) is 0 Å². The van der Waals surface area contributed by atoms with Gasteiger partial charge in [-0.2, -0.15) is 0 Å². The number of hydrogen-bond acceptors (Lipinski definition) is 7. The highest BCUT2D eigenvalue weighted by Crippen LogP contribution is 2.39. The lowest BCUT2D eigenvalue weighted by molar-refractivity contribution is -0.135. The zero-order valence-electron chi connectivity index (χ0n) is 25.2. The van der Waals surface area contributed by atoms with Crippen molar-refractivity contribution in [2.24, 2.45) is 0 Å². The molecule has 9 heteroatoms. The minimum atomic E-state index is -2.10. The molecule has 0 unspecified atom stereocenters. The highest BCUT2D eigenvalue weighted by Gasteiger charge is 2.41. The zero-order valence-corrected chi connectivity index (χ0v) is 27.2. The van der Waals surface area contributed by atoms with Crippen LogP contribution >= 0.6 is 0 Å². The first kappa shape index (κ1) is 33.4. The third-order valence-corrected chi connectivity index (χ3v) is 16.3. The van der Waals surface area contributed by atoms with Crippen LogP contribution in [0.1, 0.15) is 47.1 Å². The van der Waals surface area contributed by atoms with E-state index in [1.807, 2.05) is 24.3 Å². The van der Waals surface area contributed by atoms with Crippen LogP contribution in [0.2, 0.25) is 36.3 Å².